The van der Waals surface area contributed by atoms with Crippen LogP contribution in [-0.4, -0.2) is 41.3 Å². The van der Waals surface area contributed by atoms with E-state index in [1.807, 2.05) is 59.2 Å². The molecule has 1 unspecified atom stereocenters. The van der Waals surface area contributed by atoms with Crippen LogP contribution < -0.4 is 4.90 Å². The minimum absolute atomic E-state index is 0.0359. The van der Waals surface area contributed by atoms with Gasteiger partial charge in [0.2, 0.25) is 5.91 Å². The minimum atomic E-state index is -0.133. The number of aromatic nitrogens is 1. The molecule has 25 heavy (non-hydrogen) atoms. The molecule has 1 aromatic heterocycles. The molecule has 1 spiro atoms. The monoisotopic (exact) mass is 335 g/mol. The molecule has 2 amide bonds. The van der Waals surface area contributed by atoms with E-state index < -0.39 is 0 Å². The molecule has 1 aromatic carbocycles. The number of para-hydroxylation sites is 1. The van der Waals surface area contributed by atoms with E-state index in [9.17, 15) is 9.59 Å². The van der Waals surface area contributed by atoms with Crippen molar-refractivity contribution in [2.45, 2.75) is 19.8 Å². The van der Waals surface area contributed by atoms with E-state index in [1.54, 1.807) is 6.07 Å². The lowest BCUT2D eigenvalue weighted by molar-refractivity contribution is -0.117. The summed E-state index contributed by atoms with van der Waals surface area (Å²) in [4.78, 5) is 33.3. The number of likely N-dealkylation sites (tertiary alicyclic amines) is 1. The summed E-state index contributed by atoms with van der Waals surface area (Å²) in [6.07, 6.45) is 1.37. The van der Waals surface area contributed by atoms with Crippen molar-refractivity contribution < 1.29 is 9.59 Å². The highest BCUT2D eigenvalue weighted by Crippen LogP contribution is 2.42. The van der Waals surface area contributed by atoms with E-state index >= 15 is 0 Å². The molecule has 4 rings (SSSR count). The molecule has 3 heterocycles. The molecule has 2 aliphatic heterocycles. The predicted octanol–water partition coefficient (Wildman–Crippen LogP) is 2.66. The number of nitrogens with zero attached hydrogens (tertiary/aromatic N) is 3. The number of anilines is 1. The fraction of sp³-hybridized carbons (Fsp3) is 0.350. The molecule has 128 valence electrons. The number of aryl methyl sites for hydroxylation is 1. The zero-order valence-corrected chi connectivity index (χ0v) is 14.3. The summed E-state index contributed by atoms with van der Waals surface area (Å²) in [5, 5.41) is 0. The summed E-state index contributed by atoms with van der Waals surface area (Å²) in [6, 6.07) is 15.3. The minimum Gasteiger partial charge on any atom is -0.337 e. The van der Waals surface area contributed by atoms with Crippen LogP contribution in [-0.2, 0) is 4.79 Å². The Morgan fingerprint density at radius 3 is 2.64 bits per heavy atom. The first-order valence-corrected chi connectivity index (χ1v) is 8.65. The van der Waals surface area contributed by atoms with Gasteiger partial charge in [-0.1, -0.05) is 24.3 Å². The highest BCUT2D eigenvalue weighted by Gasteiger charge is 2.48. The van der Waals surface area contributed by atoms with Crippen LogP contribution in [0.1, 0.15) is 29.0 Å². The van der Waals surface area contributed by atoms with Crippen molar-refractivity contribution in [1.29, 1.82) is 0 Å². The Morgan fingerprint density at radius 1 is 1.08 bits per heavy atom. The SMILES string of the molecule is Cc1cccc(C(=O)N2CCC3(CC(=O)N(c4ccccc4)C3)C2)n1. The van der Waals surface area contributed by atoms with Gasteiger partial charge in [-0.25, -0.2) is 4.98 Å². The molecular formula is C20H21N3O2. The van der Waals surface area contributed by atoms with Crippen LogP contribution >= 0.6 is 0 Å². The van der Waals surface area contributed by atoms with Crippen molar-refractivity contribution in [3.63, 3.8) is 0 Å². The second-order valence-electron chi connectivity index (χ2n) is 7.13. The van der Waals surface area contributed by atoms with Crippen molar-refractivity contribution in [2.75, 3.05) is 24.5 Å². The van der Waals surface area contributed by atoms with E-state index in [2.05, 4.69) is 4.98 Å². The van der Waals surface area contributed by atoms with Gasteiger partial charge < -0.3 is 9.80 Å². The zero-order valence-electron chi connectivity index (χ0n) is 14.3. The third kappa shape index (κ3) is 2.90. The molecule has 0 bridgehead atoms. The van der Waals surface area contributed by atoms with Gasteiger partial charge >= 0.3 is 0 Å². The van der Waals surface area contributed by atoms with Gasteiger partial charge in [-0.15, -0.1) is 0 Å². The lowest BCUT2D eigenvalue weighted by atomic mass is 9.86. The zero-order chi connectivity index (χ0) is 17.4. The highest BCUT2D eigenvalue weighted by molar-refractivity contribution is 5.97. The van der Waals surface area contributed by atoms with Crippen molar-refractivity contribution in [3.8, 4) is 0 Å². The normalized spacial score (nSPS) is 22.8. The van der Waals surface area contributed by atoms with Crippen LogP contribution in [0.2, 0.25) is 0 Å². The number of benzene rings is 1. The quantitative estimate of drug-likeness (QED) is 0.848. The summed E-state index contributed by atoms with van der Waals surface area (Å²) >= 11 is 0. The summed E-state index contributed by atoms with van der Waals surface area (Å²) in [6.45, 7) is 3.87. The molecule has 1 atom stereocenters. The van der Waals surface area contributed by atoms with Gasteiger partial charge in [0, 0.05) is 42.9 Å². The Kier molecular flexibility index (Phi) is 3.79. The Hall–Kier alpha value is -2.69. The number of pyridine rings is 1. The third-order valence-electron chi connectivity index (χ3n) is 5.22. The maximum Gasteiger partial charge on any atom is 0.272 e. The van der Waals surface area contributed by atoms with Gasteiger partial charge in [0.25, 0.3) is 5.91 Å². The number of hydrogen-bond donors (Lipinski definition) is 0. The maximum atomic E-state index is 12.7. The summed E-state index contributed by atoms with van der Waals surface area (Å²) in [5.41, 5.74) is 2.13. The van der Waals surface area contributed by atoms with E-state index in [-0.39, 0.29) is 17.2 Å². The Balaban J connectivity index is 1.50. The van der Waals surface area contributed by atoms with Crippen LogP contribution in [0.15, 0.2) is 48.5 Å². The van der Waals surface area contributed by atoms with Gasteiger partial charge in [0.05, 0.1) is 0 Å². The van der Waals surface area contributed by atoms with Crippen molar-refractivity contribution >= 4 is 17.5 Å². The Morgan fingerprint density at radius 2 is 1.88 bits per heavy atom. The van der Waals surface area contributed by atoms with Crippen LogP contribution in [0, 0.1) is 12.3 Å². The van der Waals surface area contributed by atoms with E-state index in [4.69, 9.17) is 0 Å². The average molecular weight is 335 g/mol. The van der Waals surface area contributed by atoms with Gasteiger partial charge in [-0.3, -0.25) is 9.59 Å². The van der Waals surface area contributed by atoms with Crippen LogP contribution in [0.3, 0.4) is 0 Å². The molecule has 0 radical (unpaired) electrons. The molecule has 0 aliphatic carbocycles. The number of carbonyl (C=O) groups excluding carboxylic acids is 2. The first kappa shape index (κ1) is 15.8. The number of hydrogen-bond acceptors (Lipinski definition) is 3. The molecule has 0 N–H and O–H groups in total. The van der Waals surface area contributed by atoms with Gasteiger partial charge in [0.1, 0.15) is 5.69 Å². The molecule has 0 saturated carbocycles. The van der Waals surface area contributed by atoms with Crippen molar-refractivity contribution in [1.82, 2.24) is 9.88 Å². The fourth-order valence-electron chi connectivity index (χ4n) is 3.94. The summed E-state index contributed by atoms with van der Waals surface area (Å²) < 4.78 is 0. The summed E-state index contributed by atoms with van der Waals surface area (Å²) in [7, 11) is 0. The summed E-state index contributed by atoms with van der Waals surface area (Å²) in [5.74, 6) is 0.111. The van der Waals surface area contributed by atoms with E-state index in [1.165, 1.54) is 0 Å². The second kappa shape index (κ2) is 5.99. The fourth-order valence-corrected chi connectivity index (χ4v) is 3.94. The van der Waals surface area contributed by atoms with Gasteiger partial charge in [-0.05, 0) is 37.6 Å². The molecular weight excluding hydrogens is 314 g/mol. The van der Waals surface area contributed by atoms with Crippen LogP contribution in [0.25, 0.3) is 0 Å². The average Bonchev–Trinajstić information content (AvgIpc) is 3.18. The largest absolute Gasteiger partial charge is 0.337 e. The second-order valence-corrected chi connectivity index (χ2v) is 7.13. The van der Waals surface area contributed by atoms with Crippen LogP contribution in [0.4, 0.5) is 5.69 Å². The number of amides is 2. The van der Waals surface area contributed by atoms with Crippen molar-refractivity contribution in [3.05, 3.63) is 59.9 Å². The third-order valence-corrected chi connectivity index (χ3v) is 5.22. The molecule has 5 heteroatoms. The smallest absolute Gasteiger partial charge is 0.272 e. The van der Waals surface area contributed by atoms with Gasteiger partial charge in [-0.2, -0.15) is 0 Å². The number of rotatable bonds is 2. The molecule has 2 saturated heterocycles. The molecule has 2 fully saturated rings. The van der Waals surface area contributed by atoms with Crippen LogP contribution in [0.5, 0.6) is 0 Å². The van der Waals surface area contributed by atoms with Gasteiger partial charge in [0.15, 0.2) is 0 Å². The molecule has 5 nitrogen and oxygen atoms in total. The lowest BCUT2D eigenvalue weighted by Gasteiger charge is -2.24. The lowest BCUT2D eigenvalue weighted by Crippen LogP contribution is -2.34. The first-order valence-electron chi connectivity index (χ1n) is 8.65. The standard InChI is InChI=1S/C20H21N3O2/c1-15-6-5-9-17(21-15)19(25)22-11-10-20(13-22)12-18(24)23(14-20)16-7-3-2-4-8-16/h2-9H,10-14H2,1H3. The number of carbonyl (C=O) groups is 2. The Labute approximate surface area is 147 Å². The Bertz CT molecular complexity index is 821. The maximum absolute atomic E-state index is 12.7. The first-order chi connectivity index (χ1) is 12.1. The predicted molar refractivity (Wildman–Crippen MR) is 95.3 cm³/mol. The van der Waals surface area contributed by atoms with E-state index in [0.29, 0.717) is 31.7 Å². The molecule has 2 aliphatic rings. The topological polar surface area (TPSA) is 53.5 Å². The van der Waals surface area contributed by atoms with Crippen molar-refractivity contribution in [2.24, 2.45) is 5.41 Å². The molecule has 2 aromatic rings. The highest BCUT2D eigenvalue weighted by atomic mass is 16.2. The van der Waals surface area contributed by atoms with E-state index in [0.717, 1.165) is 17.8 Å².